The maximum atomic E-state index is 8.41. The minimum absolute atomic E-state index is 0.206. The molecular weight excluding hydrogens is 162 g/mol. The fraction of sp³-hybridized carbons (Fsp3) is 0.600. The zero-order valence-corrected chi connectivity index (χ0v) is 8.76. The second-order valence-corrected chi connectivity index (χ2v) is 3.32. The highest BCUT2D eigenvalue weighted by atomic mass is 14.7. The number of nitrogens with zero attached hydrogens (tertiary/aromatic N) is 2. The second-order valence-electron chi connectivity index (χ2n) is 3.32. The Morgan fingerprint density at radius 1 is 1.46 bits per heavy atom. The van der Waals surface area contributed by atoms with Crippen LogP contribution in [-0.2, 0) is 0 Å². The van der Waals surface area contributed by atoms with E-state index in [-0.39, 0.29) is 6.54 Å². The van der Waals surface area contributed by atoms with Gasteiger partial charge in [0, 0.05) is 11.4 Å². The Morgan fingerprint density at radius 2 is 2.00 bits per heavy atom. The van der Waals surface area contributed by atoms with Crippen LogP contribution in [0.1, 0.15) is 27.7 Å². The third-order valence-corrected chi connectivity index (χ3v) is 1.84. The molecule has 0 radical (unpaired) electrons. The lowest BCUT2D eigenvalue weighted by Crippen LogP contribution is -2.13. The molecule has 0 bridgehead atoms. The standard InChI is InChI=1S/C10H17N3/c1-7(2)10(13-6-5-11)8(3)9(4)12/h7H,6,12H2,1-4H3/b9-8-,13-10?. The van der Waals surface area contributed by atoms with E-state index in [1.807, 2.05) is 33.8 Å². The molecule has 2 N–H and O–H groups in total. The van der Waals surface area contributed by atoms with E-state index in [4.69, 9.17) is 11.0 Å². The molecule has 0 amide bonds. The van der Waals surface area contributed by atoms with Crippen molar-refractivity contribution >= 4 is 5.71 Å². The summed E-state index contributed by atoms with van der Waals surface area (Å²) in [6.07, 6.45) is 0. The van der Waals surface area contributed by atoms with Crippen molar-refractivity contribution in [2.45, 2.75) is 27.7 Å². The Morgan fingerprint density at radius 3 is 2.31 bits per heavy atom. The zero-order chi connectivity index (χ0) is 10.4. The Bertz CT molecular complexity index is 262. The second kappa shape index (κ2) is 5.36. The summed E-state index contributed by atoms with van der Waals surface area (Å²) >= 11 is 0. The van der Waals surface area contributed by atoms with Gasteiger partial charge < -0.3 is 5.73 Å². The van der Waals surface area contributed by atoms with Gasteiger partial charge in [-0.05, 0) is 25.3 Å². The molecule has 0 heterocycles. The molecule has 0 aliphatic rings. The third-order valence-electron chi connectivity index (χ3n) is 1.84. The lowest BCUT2D eigenvalue weighted by atomic mass is 10.00. The first-order valence-corrected chi connectivity index (χ1v) is 4.35. The van der Waals surface area contributed by atoms with Crippen LogP contribution in [0.2, 0.25) is 0 Å². The monoisotopic (exact) mass is 179 g/mol. The van der Waals surface area contributed by atoms with E-state index in [9.17, 15) is 0 Å². The minimum atomic E-state index is 0.206. The summed E-state index contributed by atoms with van der Waals surface area (Å²) in [7, 11) is 0. The first kappa shape index (κ1) is 11.7. The van der Waals surface area contributed by atoms with Crippen molar-refractivity contribution in [2.75, 3.05) is 6.54 Å². The fourth-order valence-corrected chi connectivity index (χ4v) is 1.06. The summed E-state index contributed by atoms with van der Waals surface area (Å²) < 4.78 is 0. The highest BCUT2D eigenvalue weighted by Gasteiger charge is 2.08. The molecule has 0 aliphatic heterocycles. The van der Waals surface area contributed by atoms with Gasteiger partial charge in [-0.15, -0.1) is 0 Å². The van der Waals surface area contributed by atoms with Gasteiger partial charge in [0.15, 0.2) is 0 Å². The third kappa shape index (κ3) is 3.75. The van der Waals surface area contributed by atoms with Crippen LogP contribution in [0.15, 0.2) is 16.3 Å². The van der Waals surface area contributed by atoms with Gasteiger partial charge in [-0.3, -0.25) is 4.99 Å². The van der Waals surface area contributed by atoms with Crippen LogP contribution in [-0.4, -0.2) is 12.3 Å². The molecule has 0 aromatic carbocycles. The van der Waals surface area contributed by atoms with Crippen LogP contribution in [0.5, 0.6) is 0 Å². The molecular formula is C10H17N3. The van der Waals surface area contributed by atoms with Crippen molar-refractivity contribution in [3.05, 3.63) is 11.3 Å². The van der Waals surface area contributed by atoms with Gasteiger partial charge in [-0.25, -0.2) is 0 Å². The van der Waals surface area contributed by atoms with Gasteiger partial charge >= 0.3 is 0 Å². The molecule has 0 saturated carbocycles. The van der Waals surface area contributed by atoms with E-state index in [1.165, 1.54) is 0 Å². The van der Waals surface area contributed by atoms with Gasteiger partial charge in [-0.2, -0.15) is 5.26 Å². The highest BCUT2D eigenvalue weighted by Crippen LogP contribution is 2.09. The molecule has 0 aliphatic carbocycles. The van der Waals surface area contributed by atoms with Gasteiger partial charge in [0.25, 0.3) is 0 Å². The summed E-state index contributed by atoms with van der Waals surface area (Å²) in [5, 5.41) is 8.41. The quantitative estimate of drug-likeness (QED) is 0.531. The molecule has 0 saturated heterocycles. The number of hydrogen-bond acceptors (Lipinski definition) is 3. The summed E-state index contributed by atoms with van der Waals surface area (Å²) in [5.41, 5.74) is 8.35. The maximum Gasteiger partial charge on any atom is 0.126 e. The van der Waals surface area contributed by atoms with Gasteiger partial charge in [0.2, 0.25) is 0 Å². The minimum Gasteiger partial charge on any atom is -0.402 e. The van der Waals surface area contributed by atoms with Crippen LogP contribution in [0, 0.1) is 17.2 Å². The first-order valence-electron chi connectivity index (χ1n) is 4.35. The molecule has 3 nitrogen and oxygen atoms in total. The van der Waals surface area contributed by atoms with E-state index in [2.05, 4.69) is 4.99 Å². The van der Waals surface area contributed by atoms with Crippen LogP contribution in [0.25, 0.3) is 0 Å². The van der Waals surface area contributed by atoms with Crippen molar-refractivity contribution in [3.63, 3.8) is 0 Å². The molecule has 0 atom stereocenters. The molecule has 0 rings (SSSR count). The molecule has 0 unspecified atom stereocenters. The van der Waals surface area contributed by atoms with Crippen LogP contribution in [0.4, 0.5) is 0 Å². The fourth-order valence-electron chi connectivity index (χ4n) is 1.06. The summed E-state index contributed by atoms with van der Waals surface area (Å²) in [6, 6.07) is 2.00. The number of hydrogen-bond donors (Lipinski definition) is 1. The average Bonchev–Trinajstić information content (AvgIpc) is 2.04. The van der Waals surface area contributed by atoms with Gasteiger partial charge in [-0.1, -0.05) is 13.8 Å². The number of allylic oxidation sites excluding steroid dienone is 2. The molecule has 0 fully saturated rings. The SMILES string of the molecule is C/C(N)=C(\C)C(=NCC#N)C(C)C. The van der Waals surface area contributed by atoms with Crippen LogP contribution < -0.4 is 5.73 Å². The number of nitriles is 1. The Balaban J connectivity index is 4.85. The normalized spacial score (nSPS) is 14.0. The molecule has 13 heavy (non-hydrogen) atoms. The molecule has 72 valence electrons. The van der Waals surface area contributed by atoms with Crippen molar-refractivity contribution in [3.8, 4) is 6.07 Å². The molecule has 3 heteroatoms. The molecule has 0 aromatic rings. The van der Waals surface area contributed by atoms with E-state index in [0.29, 0.717) is 5.92 Å². The lowest BCUT2D eigenvalue weighted by Gasteiger charge is -2.11. The van der Waals surface area contributed by atoms with Gasteiger partial charge in [0.1, 0.15) is 6.54 Å². The Kier molecular flexibility index (Phi) is 4.83. The van der Waals surface area contributed by atoms with E-state index in [0.717, 1.165) is 17.0 Å². The summed E-state index contributed by atoms with van der Waals surface area (Å²) in [6.45, 7) is 8.08. The molecule has 0 aromatic heterocycles. The zero-order valence-electron chi connectivity index (χ0n) is 8.76. The van der Waals surface area contributed by atoms with Crippen molar-refractivity contribution in [2.24, 2.45) is 16.6 Å². The Hall–Kier alpha value is -1.30. The maximum absolute atomic E-state index is 8.41. The largest absolute Gasteiger partial charge is 0.402 e. The van der Waals surface area contributed by atoms with Crippen LogP contribution >= 0.6 is 0 Å². The van der Waals surface area contributed by atoms with Crippen molar-refractivity contribution in [1.29, 1.82) is 5.26 Å². The van der Waals surface area contributed by atoms with Crippen molar-refractivity contribution in [1.82, 2.24) is 0 Å². The summed E-state index contributed by atoms with van der Waals surface area (Å²) in [4.78, 5) is 4.18. The topological polar surface area (TPSA) is 62.2 Å². The van der Waals surface area contributed by atoms with E-state index >= 15 is 0 Å². The number of aliphatic imine (C=N–C) groups is 1. The first-order chi connectivity index (χ1) is 6.00. The highest BCUT2D eigenvalue weighted by molar-refractivity contribution is 6.01. The smallest absolute Gasteiger partial charge is 0.126 e. The van der Waals surface area contributed by atoms with Crippen LogP contribution in [0.3, 0.4) is 0 Å². The summed E-state index contributed by atoms with van der Waals surface area (Å²) in [5.74, 6) is 0.312. The predicted molar refractivity (Wildman–Crippen MR) is 55.3 cm³/mol. The average molecular weight is 179 g/mol. The predicted octanol–water partition coefficient (Wildman–Crippen LogP) is 1.86. The lowest BCUT2D eigenvalue weighted by molar-refractivity contribution is 0.872. The van der Waals surface area contributed by atoms with Gasteiger partial charge in [0.05, 0.1) is 6.07 Å². The molecule has 0 spiro atoms. The van der Waals surface area contributed by atoms with Crippen molar-refractivity contribution < 1.29 is 0 Å². The Labute approximate surface area is 80.0 Å². The van der Waals surface area contributed by atoms with E-state index < -0.39 is 0 Å². The number of nitrogens with two attached hydrogens (primary N) is 1. The number of rotatable bonds is 3. The van der Waals surface area contributed by atoms with E-state index in [1.54, 1.807) is 0 Å².